The highest BCUT2D eigenvalue weighted by Crippen LogP contribution is 2.29. The average molecular weight is 301 g/mol. The molecule has 0 radical (unpaired) electrons. The molecule has 0 spiro atoms. The van der Waals surface area contributed by atoms with Gasteiger partial charge in [-0.25, -0.2) is 0 Å². The summed E-state index contributed by atoms with van der Waals surface area (Å²) in [6.45, 7) is 1.99. The highest BCUT2D eigenvalue weighted by molar-refractivity contribution is 7.19. The van der Waals surface area contributed by atoms with Crippen molar-refractivity contribution in [3.05, 3.63) is 52.7 Å². The topological polar surface area (TPSA) is 78.0 Å². The van der Waals surface area contributed by atoms with E-state index in [1.165, 1.54) is 11.3 Å². The molecular weight excluding hydrogens is 286 g/mol. The van der Waals surface area contributed by atoms with E-state index in [1.807, 2.05) is 37.3 Å². The molecule has 0 saturated heterocycles. The molecule has 1 unspecified atom stereocenters. The van der Waals surface area contributed by atoms with Gasteiger partial charge in [-0.2, -0.15) is 5.10 Å². The van der Waals surface area contributed by atoms with Crippen LogP contribution in [0, 0.1) is 6.92 Å². The fraction of sp³-hybridized carbons (Fsp3) is 0.200. The van der Waals surface area contributed by atoms with E-state index in [1.54, 1.807) is 6.07 Å². The van der Waals surface area contributed by atoms with Gasteiger partial charge in [0.25, 0.3) is 5.91 Å². The van der Waals surface area contributed by atoms with E-state index < -0.39 is 6.10 Å². The zero-order valence-electron chi connectivity index (χ0n) is 11.5. The van der Waals surface area contributed by atoms with Crippen LogP contribution in [0.3, 0.4) is 0 Å². The predicted octanol–water partition coefficient (Wildman–Crippen LogP) is 2.40. The van der Waals surface area contributed by atoms with Crippen molar-refractivity contribution < 1.29 is 9.90 Å². The summed E-state index contributed by atoms with van der Waals surface area (Å²) < 4.78 is 1.13. The number of nitrogens with zero attached hydrogens (tertiary/aromatic N) is 1. The number of aromatic amines is 1. The average Bonchev–Trinajstić information content (AvgIpc) is 3.10. The number of benzene rings is 1. The predicted molar refractivity (Wildman–Crippen MR) is 82.4 cm³/mol. The Morgan fingerprint density at radius 1 is 1.43 bits per heavy atom. The van der Waals surface area contributed by atoms with Crippen LogP contribution >= 0.6 is 11.3 Å². The Kier molecular flexibility index (Phi) is 3.72. The minimum atomic E-state index is -0.716. The molecule has 0 fully saturated rings. The molecule has 0 aliphatic heterocycles. The number of hydrogen-bond donors (Lipinski definition) is 3. The first kappa shape index (κ1) is 13.8. The van der Waals surface area contributed by atoms with Crippen LogP contribution in [0.2, 0.25) is 0 Å². The minimum absolute atomic E-state index is 0.164. The fourth-order valence-electron chi connectivity index (χ4n) is 2.08. The number of aryl methyl sites for hydroxylation is 1. The number of aliphatic hydroxyl groups is 1. The SMILES string of the molecule is Cc1cc(C(=O)NCC(O)c2cc3ccccc3s2)n[nH]1. The van der Waals surface area contributed by atoms with E-state index in [0.717, 1.165) is 20.7 Å². The van der Waals surface area contributed by atoms with Gasteiger partial charge in [-0.3, -0.25) is 9.89 Å². The third kappa shape index (κ3) is 2.96. The summed E-state index contributed by atoms with van der Waals surface area (Å²) >= 11 is 1.53. The lowest BCUT2D eigenvalue weighted by atomic mass is 10.2. The van der Waals surface area contributed by atoms with Crippen LogP contribution in [0.25, 0.3) is 10.1 Å². The van der Waals surface area contributed by atoms with Crippen molar-refractivity contribution in [2.45, 2.75) is 13.0 Å². The van der Waals surface area contributed by atoms with Gasteiger partial charge in [0, 0.05) is 21.8 Å². The highest BCUT2D eigenvalue weighted by Gasteiger charge is 2.14. The van der Waals surface area contributed by atoms with Gasteiger partial charge in [-0.15, -0.1) is 11.3 Å². The van der Waals surface area contributed by atoms with Gasteiger partial charge < -0.3 is 10.4 Å². The maximum Gasteiger partial charge on any atom is 0.271 e. The Balaban J connectivity index is 1.66. The van der Waals surface area contributed by atoms with E-state index >= 15 is 0 Å². The normalized spacial score (nSPS) is 12.5. The molecule has 108 valence electrons. The number of aromatic nitrogens is 2. The number of carbonyl (C=O) groups is 1. The van der Waals surface area contributed by atoms with Gasteiger partial charge in [0.15, 0.2) is 0 Å². The molecule has 6 heteroatoms. The molecule has 3 N–H and O–H groups in total. The second-order valence-corrected chi connectivity index (χ2v) is 5.96. The molecular formula is C15H15N3O2S. The fourth-order valence-corrected chi connectivity index (χ4v) is 3.13. The lowest BCUT2D eigenvalue weighted by molar-refractivity contribution is 0.0913. The Morgan fingerprint density at radius 2 is 2.24 bits per heavy atom. The van der Waals surface area contributed by atoms with Gasteiger partial charge >= 0.3 is 0 Å². The molecule has 1 amide bonds. The Labute approximate surface area is 125 Å². The number of rotatable bonds is 4. The Morgan fingerprint density at radius 3 is 2.95 bits per heavy atom. The zero-order valence-corrected chi connectivity index (χ0v) is 12.3. The van der Waals surface area contributed by atoms with Crippen LogP contribution in [0.1, 0.15) is 27.2 Å². The third-order valence-corrected chi connectivity index (χ3v) is 4.38. The Bertz CT molecular complexity index is 745. The molecule has 2 heterocycles. The number of carbonyl (C=O) groups excluding carboxylic acids is 1. The minimum Gasteiger partial charge on any atom is -0.386 e. The second kappa shape index (κ2) is 5.67. The summed E-state index contributed by atoms with van der Waals surface area (Å²) in [6, 6.07) is 11.6. The molecule has 3 aromatic rings. The lowest BCUT2D eigenvalue weighted by Gasteiger charge is -2.08. The number of thiophene rings is 1. The van der Waals surface area contributed by atoms with Crippen LogP contribution < -0.4 is 5.32 Å². The summed E-state index contributed by atoms with van der Waals surface area (Å²) in [4.78, 5) is 12.7. The summed E-state index contributed by atoms with van der Waals surface area (Å²) in [5.74, 6) is -0.292. The van der Waals surface area contributed by atoms with Gasteiger partial charge in [-0.1, -0.05) is 18.2 Å². The Hall–Kier alpha value is -2.18. The quantitative estimate of drug-likeness (QED) is 0.692. The molecule has 2 aromatic heterocycles. The van der Waals surface area contributed by atoms with Crippen molar-refractivity contribution in [2.75, 3.05) is 6.54 Å². The summed E-state index contributed by atoms with van der Waals surface area (Å²) in [5, 5.41) is 20.6. The second-order valence-electron chi connectivity index (χ2n) is 4.85. The maximum absolute atomic E-state index is 11.9. The van der Waals surface area contributed by atoms with E-state index in [0.29, 0.717) is 5.69 Å². The van der Waals surface area contributed by atoms with Crippen LogP contribution in [0.5, 0.6) is 0 Å². The van der Waals surface area contributed by atoms with Crippen molar-refractivity contribution in [2.24, 2.45) is 0 Å². The number of amides is 1. The zero-order chi connectivity index (χ0) is 14.8. The first-order chi connectivity index (χ1) is 10.1. The van der Waals surface area contributed by atoms with Crippen molar-refractivity contribution in [3.8, 4) is 0 Å². The smallest absolute Gasteiger partial charge is 0.271 e. The number of nitrogens with one attached hydrogen (secondary N) is 2. The van der Waals surface area contributed by atoms with Crippen molar-refractivity contribution in [1.82, 2.24) is 15.5 Å². The molecule has 0 bridgehead atoms. The monoisotopic (exact) mass is 301 g/mol. The van der Waals surface area contributed by atoms with E-state index in [4.69, 9.17) is 0 Å². The van der Waals surface area contributed by atoms with Gasteiger partial charge in [-0.05, 0) is 30.5 Å². The summed E-state index contributed by atoms with van der Waals surface area (Å²) in [7, 11) is 0. The molecule has 0 aliphatic carbocycles. The summed E-state index contributed by atoms with van der Waals surface area (Å²) in [5.41, 5.74) is 1.15. The molecule has 21 heavy (non-hydrogen) atoms. The number of aliphatic hydroxyl groups excluding tert-OH is 1. The van der Waals surface area contributed by atoms with E-state index in [-0.39, 0.29) is 12.5 Å². The lowest BCUT2D eigenvalue weighted by Crippen LogP contribution is -2.28. The van der Waals surface area contributed by atoms with Crippen LogP contribution in [0.15, 0.2) is 36.4 Å². The van der Waals surface area contributed by atoms with E-state index in [2.05, 4.69) is 15.5 Å². The molecule has 3 rings (SSSR count). The van der Waals surface area contributed by atoms with Gasteiger partial charge in [0.1, 0.15) is 11.8 Å². The van der Waals surface area contributed by atoms with Gasteiger partial charge in [0.2, 0.25) is 0 Å². The van der Waals surface area contributed by atoms with Crippen LogP contribution in [-0.4, -0.2) is 27.8 Å². The summed E-state index contributed by atoms with van der Waals surface area (Å²) in [6.07, 6.45) is -0.716. The first-order valence-corrected chi connectivity index (χ1v) is 7.42. The molecule has 5 nitrogen and oxygen atoms in total. The number of fused-ring (bicyclic) bond motifs is 1. The molecule has 1 aromatic carbocycles. The largest absolute Gasteiger partial charge is 0.386 e. The van der Waals surface area contributed by atoms with Crippen LogP contribution in [-0.2, 0) is 0 Å². The first-order valence-electron chi connectivity index (χ1n) is 6.60. The number of H-pyrrole nitrogens is 1. The maximum atomic E-state index is 11.9. The van der Waals surface area contributed by atoms with Gasteiger partial charge in [0.05, 0.1) is 0 Å². The van der Waals surface area contributed by atoms with Crippen molar-refractivity contribution >= 4 is 27.3 Å². The van der Waals surface area contributed by atoms with Crippen molar-refractivity contribution in [3.63, 3.8) is 0 Å². The third-order valence-electron chi connectivity index (χ3n) is 3.17. The van der Waals surface area contributed by atoms with E-state index in [9.17, 15) is 9.90 Å². The molecule has 0 aliphatic rings. The standard InChI is InChI=1S/C15H15N3O2S/c1-9-6-11(18-17-9)15(20)16-8-12(19)14-7-10-4-2-3-5-13(10)21-14/h2-7,12,19H,8H2,1H3,(H,16,20)(H,17,18). The van der Waals surface area contributed by atoms with Crippen LogP contribution in [0.4, 0.5) is 0 Å². The number of hydrogen-bond acceptors (Lipinski definition) is 4. The molecule has 0 saturated carbocycles. The highest BCUT2D eigenvalue weighted by atomic mass is 32.1. The molecule has 1 atom stereocenters. The van der Waals surface area contributed by atoms with Crippen molar-refractivity contribution in [1.29, 1.82) is 0 Å².